The second-order valence-electron chi connectivity index (χ2n) is 7.73. The molecule has 10 heteroatoms. The van der Waals surface area contributed by atoms with Gasteiger partial charge >= 0.3 is 6.03 Å². The van der Waals surface area contributed by atoms with Crippen LogP contribution in [-0.4, -0.2) is 50.0 Å². The van der Waals surface area contributed by atoms with Crippen LogP contribution < -0.4 is 15.4 Å². The van der Waals surface area contributed by atoms with E-state index in [-0.39, 0.29) is 30.9 Å². The Morgan fingerprint density at radius 1 is 1.20 bits per heavy atom. The number of likely N-dealkylation sites (N-methyl/N-ethyl adjacent to an activating group) is 1. The lowest BCUT2D eigenvalue weighted by Crippen LogP contribution is -2.30. The molecule has 0 atom stereocenters. The van der Waals surface area contributed by atoms with Crippen LogP contribution in [0.5, 0.6) is 5.75 Å². The van der Waals surface area contributed by atoms with Gasteiger partial charge in [-0.1, -0.05) is 0 Å². The van der Waals surface area contributed by atoms with E-state index in [1.54, 1.807) is 13.0 Å². The maximum Gasteiger partial charge on any atom is 0.331 e. The minimum absolute atomic E-state index is 0.0129. The standard InChI is InChI=1S/C20H21N7O3/c1-11-16(6-17(21)24-23-11)30-10-14-8-26-7-13(12-3-4-12)5-15(19(26)22-14)27-9-18(28)25(2)20(27)29/h5-8,12H,3-4,9-10H2,1-2H3,(H2,21,24). The zero-order chi connectivity index (χ0) is 21.0. The molecule has 3 aromatic heterocycles. The Morgan fingerprint density at radius 3 is 2.70 bits per heavy atom. The molecule has 2 N–H and O–H groups in total. The molecule has 3 amide bonds. The summed E-state index contributed by atoms with van der Waals surface area (Å²) in [5.74, 6) is 1.07. The highest BCUT2D eigenvalue weighted by molar-refractivity contribution is 6.13. The van der Waals surface area contributed by atoms with Crippen LogP contribution in [0.4, 0.5) is 16.3 Å². The summed E-state index contributed by atoms with van der Waals surface area (Å²) in [6.45, 7) is 2.01. The molecular weight excluding hydrogens is 386 g/mol. The molecule has 0 radical (unpaired) electrons. The first-order chi connectivity index (χ1) is 14.4. The molecule has 1 saturated carbocycles. The van der Waals surface area contributed by atoms with Crippen LogP contribution in [-0.2, 0) is 11.4 Å². The van der Waals surface area contributed by atoms with E-state index in [9.17, 15) is 9.59 Å². The first-order valence-corrected chi connectivity index (χ1v) is 9.73. The summed E-state index contributed by atoms with van der Waals surface area (Å²) in [6, 6.07) is 3.26. The molecule has 2 aliphatic rings. The number of imidazole rings is 1. The number of rotatable bonds is 5. The predicted molar refractivity (Wildman–Crippen MR) is 108 cm³/mol. The second kappa shape index (κ2) is 6.68. The number of ether oxygens (including phenoxy) is 1. The normalized spacial score (nSPS) is 16.7. The van der Waals surface area contributed by atoms with Gasteiger partial charge in [0.2, 0.25) is 5.91 Å². The van der Waals surface area contributed by atoms with E-state index >= 15 is 0 Å². The van der Waals surface area contributed by atoms with Gasteiger partial charge in [0.1, 0.15) is 30.4 Å². The number of aryl methyl sites for hydroxylation is 1. The van der Waals surface area contributed by atoms with Crippen molar-refractivity contribution in [3.05, 3.63) is 41.5 Å². The number of hydrogen-bond donors (Lipinski definition) is 1. The number of nitrogens with two attached hydrogens (primary N) is 1. The number of aromatic nitrogens is 4. The fourth-order valence-electron chi connectivity index (χ4n) is 3.59. The van der Waals surface area contributed by atoms with Crippen LogP contribution in [0.25, 0.3) is 5.65 Å². The van der Waals surface area contributed by atoms with Crippen molar-refractivity contribution < 1.29 is 14.3 Å². The number of carbonyl (C=O) groups is 2. The third-order valence-electron chi connectivity index (χ3n) is 5.45. The molecule has 154 valence electrons. The largest absolute Gasteiger partial charge is 0.485 e. The summed E-state index contributed by atoms with van der Waals surface area (Å²) in [5, 5.41) is 7.75. The highest BCUT2D eigenvalue weighted by Crippen LogP contribution is 2.42. The number of nitrogens with zero attached hydrogens (tertiary/aromatic N) is 6. The average Bonchev–Trinajstić information content (AvgIpc) is 3.45. The minimum Gasteiger partial charge on any atom is -0.485 e. The van der Waals surface area contributed by atoms with Gasteiger partial charge in [0, 0.05) is 25.5 Å². The topological polar surface area (TPSA) is 119 Å². The molecule has 10 nitrogen and oxygen atoms in total. The number of imide groups is 1. The SMILES string of the molecule is Cc1nnc(N)cc1OCc1cn2cc(C3CC3)cc(N3CC(=O)N(C)C3=O)c2n1. The summed E-state index contributed by atoms with van der Waals surface area (Å²) < 4.78 is 7.75. The third-order valence-corrected chi connectivity index (χ3v) is 5.45. The van der Waals surface area contributed by atoms with E-state index < -0.39 is 0 Å². The van der Waals surface area contributed by atoms with Crippen molar-refractivity contribution in [2.24, 2.45) is 0 Å². The lowest BCUT2D eigenvalue weighted by Gasteiger charge is -2.17. The molecule has 2 fully saturated rings. The number of fused-ring (bicyclic) bond motifs is 1. The van der Waals surface area contributed by atoms with Crippen molar-refractivity contribution in [1.82, 2.24) is 24.5 Å². The Bertz CT molecular complexity index is 1180. The van der Waals surface area contributed by atoms with Crippen molar-refractivity contribution in [1.29, 1.82) is 0 Å². The summed E-state index contributed by atoms with van der Waals surface area (Å²) >= 11 is 0. The third kappa shape index (κ3) is 3.10. The Labute approximate surface area is 172 Å². The lowest BCUT2D eigenvalue weighted by atomic mass is 10.1. The van der Waals surface area contributed by atoms with Gasteiger partial charge in [-0.2, -0.15) is 0 Å². The van der Waals surface area contributed by atoms with Gasteiger partial charge in [0.05, 0.1) is 11.4 Å². The molecule has 1 saturated heterocycles. The number of urea groups is 1. The molecule has 1 aliphatic heterocycles. The summed E-state index contributed by atoms with van der Waals surface area (Å²) in [6.07, 6.45) is 6.16. The van der Waals surface area contributed by atoms with Crippen molar-refractivity contribution in [2.45, 2.75) is 32.3 Å². The Morgan fingerprint density at radius 2 is 2.00 bits per heavy atom. The molecule has 30 heavy (non-hydrogen) atoms. The van der Waals surface area contributed by atoms with Gasteiger partial charge in [-0.05, 0) is 37.3 Å². The lowest BCUT2D eigenvalue weighted by molar-refractivity contribution is -0.123. The fourth-order valence-corrected chi connectivity index (χ4v) is 3.59. The van der Waals surface area contributed by atoms with E-state index in [1.807, 2.05) is 22.9 Å². The summed E-state index contributed by atoms with van der Waals surface area (Å²) in [4.78, 5) is 31.9. The van der Waals surface area contributed by atoms with Gasteiger partial charge < -0.3 is 14.9 Å². The maximum atomic E-state index is 12.6. The highest BCUT2D eigenvalue weighted by atomic mass is 16.5. The van der Waals surface area contributed by atoms with Crippen LogP contribution >= 0.6 is 0 Å². The van der Waals surface area contributed by atoms with Crippen molar-refractivity contribution >= 4 is 29.1 Å². The second-order valence-corrected chi connectivity index (χ2v) is 7.73. The zero-order valence-electron chi connectivity index (χ0n) is 16.7. The van der Waals surface area contributed by atoms with Crippen LogP contribution in [0, 0.1) is 6.92 Å². The van der Waals surface area contributed by atoms with Gasteiger partial charge in [-0.3, -0.25) is 14.6 Å². The molecule has 0 unspecified atom stereocenters. The summed E-state index contributed by atoms with van der Waals surface area (Å²) in [7, 11) is 1.49. The van der Waals surface area contributed by atoms with Crippen LogP contribution in [0.1, 0.15) is 35.7 Å². The summed E-state index contributed by atoms with van der Waals surface area (Å²) in [5.41, 5.74) is 9.40. The van der Waals surface area contributed by atoms with Gasteiger partial charge in [0.15, 0.2) is 5.65 Å². The quantitative estimate of drug-likeness (QED) is 0.641. The van der Waals surface area contributed by atoms with Crippen LogP contribution in [0.3, 0.4) is 0 Å². The number of pyridine rings is 1. The number of anilines is 2. The monoisotopic (exact) mass is 407 g/mol. The molecule has 0 bridgehead atoms. The predicted octanol–water partition coefficient (Wildman–Crippen LogP) is 1.87. The molecule has 0 aromatic carbocycles. The van der Waals surface area contributed by atoms with Gasteiger partial charge in [-0.15, -0.1) is 10.2 Å². The highest BCUT2D eigenvalue weighted by Gasteiger charge is 2.36. The Balaban J connectivity index is 1.51. The number of nitrogen functional groups attached to an aromatic ring is 1. The number of hydrogen-bond acceptors (Lipinski definition) is 7. The minimum atomic E-state index is -0.343. The first-order valence-electron chi connectivity index (χ1n) is 9.73. The molecule has 0 spiro atoms. The van der Waals surface area contributed by atoms with E-state index in [1.165, 1.54) is 11.9 Å². The number of carbonyl (C=O) groups excluding carboxylic acids is 2. The van der Waals surface area contributed by atoms with Crippen LogP contribution in [0.15, 0.2) is 24.5 Å². The fraction of sp³-hybridized carbons (Fsp3) is 0.350. The first kappa shape index (κ1) is 18.3. The molecule has 4 heterocycles. The molecular formula is C20H21N7O3. The smallest absolute Gasteiger partial charge is 0.331 e. The van der Waals surface area contributed by atoms with E-state index in [2.05, 4.69) is 15.2 Å². The van der Waals surface area contributed by atoms with E-state index in [0.29, 0.717) is 34.4 Å². The Kier molecular flexibility index (Phi) is 4.09. The van der Waals surface area contributed by atoms with E-state index in [4.69, 9.17) is 10.5 Å². The average molecular weight is 407 g/mol. The van der Waals surface area contributed by atoms with E-state index in [0.717, 1.165) is 23.3 Å². The zero-order valence-corrected chi connectivity index (χ0v) is 16.7. The molecule has 1 aliphatic carbocycles. The van der Waals surface area contributed by atoms with Crippen molar-refractivity contribution in [3.8, 4) is 5.75 Å². The molecule has 3 aromatic rings. The maximum absolute atomic E-state index is 12.6. The Hall–Kier alpha value is -3.69. The van der Waals surface area contributed by atoms with Gasteiger partial charge in [0.25, 0.3) is 0 Å². The van der Waals surface area contributed by atoms with Crippen LogP contribution in [0.2, 0.25) is 0 Å². The van der Waals surface area contributed by atoms with Crippen molar-refractivity contribution in [2.75, 3.05) is 24.2 Å². The molecule has 5 rings (SSSR count). The van der Waals surface area contributed by atoms with Crippen molar-refractivity contribution in [3.63, 3.8) is 0 Å². The van der Waals surface area contributed by atoms with Gasteiger partial charge in [-0.25, -0.2) is 9.78 Å². The number of amides is 3.